The molecule has 1 aromatic heterocycles. The van der Waals surface area contributed by atoms with E-state index in [0.717, 1.165) is 17.8 Å². The maximum Gasteiger partial charge on any atom is 0.290 e. The molecule has 0 aliphatic carbocycles. The van der Waals surface area contributed by atoms with Crippen molar-refractivity contribution in [2.45, 2.75) is 36.4 Å². The molecule has 0 saturated heterocycles. The summed E-state index contributed by atoms with van der Waals surface area (Å²) in [5.74, 6) is 0.600. The van der Waals surface area contributed by atoms with Gasteiger partial charge in [0.15, 0.2) is 5.16 Å². The van der Waals surface area contributed by atoms with Crippen molar-refractivity contribution < 1.29 is 9.85 Å². The highest BCUT2D eigenvalue weighted by Crippen LogP contribution is 2.36. The standard InChI is InChI=1S/C14H17N7O4S/c1-14(2,3)19-12-16-11(15-4)17-13(18-12)26-10-6-5-8(20(22)23)7-9(10)21(24)25/h5-7H,1-4H3,(H2,15,16,17,18,19). The maximum atomic E-state index is 11.3. The van der Waals surface area contributed by atoms with E-state index < -0.39 is 9.85 Å². The Labute approximate surface area is 153 Å². The Bertz CT molecular complexity index is 854. The highest BCUT2D eigenvalue weighted by Gasteiger charge is 2.22. The van der Waals surface area contributed by atoms with Gasteiger partial charge in [-0.05, 0) is 38.6 Å². The molecule has 11 nitrogen and oxygen atoms in total. The molecule has 0 aliphatic rings. The molecular formula is C14H17N7O4S. The second kappa shape index (κ2) is 7.47. The zero-order chi connectivity index (χ0) is 19.5. The van der Waals surface area contributed by atoms with Gasteiger partial charge in [-0.2, -0.15) is 15.0 Å². The lowest BCUT2D eigenvalue weighted by molar-refractivity contribution is -0.396. The quantitative estimate of drug-likeness (QED) is 0.566. The van der Waals surface area contributed by atoms with Gasteiger partial charge in [-0.3, -0.25) is 20.2 Å². The van der Waals surface area contributed by atoms with E-state index in [9.17, 15) is 20.2 Å². The third-order valence-corrected chi connectivity index (χ3v) is 3.81. The van der Waals surface area contributed by atoms with Crippen molar-refractivity contribution in [2.24, 2.45) is 0 Å². The Morgan fingerprint density at radius 2 is 1.69 bits per heavy atom. The molecule has 0 fully saturated rings. The van der Waals surface area contributed by atoms with Crippen LogP contribution in [0.15, 0.2) is 28.3 Å². The van der Waals surface area contributed by atoms with Crippen molar-refractivity contribution >= 4 is 35.0 Å². The van der Waals surface area contributed by atoms with E-state index in [2.05, 4.69) is 25.6 Å². The predicted octanol–water partition coefficient (Wildman–Crippen LogP) is 3.09. The number of hydrogen-bond donors (Lipinski definition) is 2. The summed E-state index contributed by atoms with van der Waals surface area (Å²) in [6.45, 7) is 5.80. The first-order valence-electron chi connectivity index (χ1n) is 7.42. The van der Waals surface area contributed by atoms with Crippen LogP contribution in [0, 0.1) is 20.2 Å². The van der Waals surface area contributed by atoms with E-state index in [0.29, 0.717) is 11.9 Å². The number of nitro benzene ring substituents is 2. The lowest BCUT2D eigenvalue weighted by atomic mass is 10.1. The number of benzene rings is 1. The molecule has 0 amide bonds. The van der Waals surface area contributed by atoms with E-state index in [4.69, 9.17) is 0 Å². The fourth-order valence-corrected chi connectivity index (χ4v) is 2.69. The largest absolute Gasteiger partial charge is 0.357 e. The maximum absolute atomic E-state index is 11.3. The van der Waals surface area contributed by atoms with Gasteiger partial charge in [0, 0.05) is 18.7 Å². The van der Waals surface area contributed by atoms with Gasteiger partial charge in [0.25, 0.3) is 11.4 Å². The van der Waals surface area contributed by atoms with Crippen LogP contribution in [0.4, 0.5) is 23.3 Å². The molecule has 0 aliphatic heterocycles. The van der Waals surface area contributed by atoms with Crippen LogP contribution in [0.1, 0.15) is 20.8 Å². The average molecular weight is 379 g/mol. The highest BCUT2D eigenvalue weighted by atomic mass is 32.2. The molecule has 2 N–H and O–H groups in total. The van der Waals surface area contributed by atoms with Crippen LogP contribution in [-0.4, -0.2) is 37.4 Å². The smallest absolute Gasteiger partial charge is 0.290 e. The van der Waals surface area contributed by atoms with Gasteiger partial charge < -0.3 is 10.6 Å². The Kier molecular flexibility index (Phi) is 5.55. The Balaban J connectivity index is 2.42. The number of rotatable bonds is 6. The molecule has 2 rings (SSSR count). The third kappa shape index (κ3) is 4.99. The molecule has 0 atom stereocenters. The SMILES string of the molecule is CNc1nc(NC(C)(C)C)nc(Sc2ccc([N+](=O)[O-])cc2[N+](=O)[O-])n1. The van der Waals surface area contributed by atoms with Crippen molar-refractivity contribution in [3.05, 3.63) is 38.4 Å². The number of non-ortho nitro benzene ring substituents is 1. The zero-order valence-electron chi connectivity index (χ0n) is 14.5. The van der Waals surface area contributed by atoms with Crippen LogP contribution in [0.2, 0.25) is 0 Å². The fraction of sp³-hybridized carbons (Fsp3) is 0.357. The first-order chi connectivity index (χ1) is 12.1. The van der Waals surface area contributed by atoms with Crippen LogP contribution in [-0.2, 0) is 0 Å². The van der Waals surface area contributed by atoms with Gasteiger partial charge >= 0.3 is 0 Å². The predicted molar refractivity (Wildman–Crippen MR) is 96.6 cm³/mol. The highest BCUT2D eigenvalue weighted by molar-refractivity contribution is 7.99. The normalized spacial score (nSPS) is 11.1. The van der Waals surface area contributed by atoms with Crippen LogP contribution < -0.4 is 10.6 Å². The van der Waals surface area contributed by atoms with Gasteiger partial charge in [0.1, 0.15) is 0 Å². The number of nitro groups is 2. The van der Waals surface area contributed by atoms with Crippen molar-refractivity contribution in [2.75, 3.05) is 17.7 Å². The summed E-state index contributed by atoms with van der Waals surface area (Å²) in [6, 6.07) is 3.42. The zero-order valence-corrected chi connectivity index (χ0v) is 15.3. The minimum absolute atomic E-state index is 0.190. The Hall–Kier alpha value is -3.02. The minimum Gasteiger partial charge on any atom is -0.357 e. The topological polar surface area (TPSA) is 149 Å². The van der Waals surface area contributed by atoms with E-state index in [1.54, 1.807) is 7.05 Å². The number of anilines is 2. The van der Waals surface area contributed by atoms with Crippen LogP contribution in [0.5, 0.6) is 0 Å². The lowest BCUT2D eigenvalue weighted by Crippen LogP contribution is -2.27. The molecule has 0 unspecified atom stereocenters. The van der Waals surface area contributed by atoms with E-state index in [1.165, 1.54) is 12.1 Å². The molecule has 0 bridgehead atoms. The van der Waals surface area contributed by atoms with E-state index in [1.807, 2.05) is 20.8 Å². The van der Waals surface area contributed by atoms with Gasteiger partial charge in [-0.15, -0.1) is 0 Å². The number of nitrogens with one attached hydrogen (secondary N) is 2. The van der Waals surface area contributed by atoms with Gasteiger partial charge in [-0.25, -0.2) is 0 Å². The van der Waals surface area contributed by atoms with E-state index in [-0.39, 0.29) is 27.0 Å². The molecule has 1 heterocycles. The summed E-state index contributed by atoms with van der Waals surface area (Å²) in [7, 11) is 1.64. The Morgan fingerprint density at radius 1 is 1.04 bits per heavy atom. The average Bonchev–Trinajstić information content (AvgIpc) is 2.52. The van der Waals surface area contributed by atoms with Crippen molar-refractivity contribution in [1.82, 2.24) is 15.0 Å². The number of nitrogens with zero attached hydrogens (tertiary/aromatic N) is 5. The molecule has 12 heteroatoms. The molecule has 0 spiro atoms. The lowest BCUT2D eigenvalue weighted by Gasteiger charge is -2.20. The summed E-state index contributed by atoms with van der Waals surface area (Å²) >= 11 is 0.926. The molecule has 138 valence electrons. The van der Waals surface area contributed by atoms with Crippen molar-refractivity contribution in [3.8, 4) is 0 Å². The minimum atomic E-state index is -0.686. The van der Waals surface area contributed by atoms with Crippen LogP contribution in [0.25, 0.3) is 0 Å². The monoisotopic (exact) mass is 379 g/mol. The third-order valence-electron chi connectivity index (χ3n) is 2.88. The molecule has 26 heavy (non-hydrogen) atoms. The molecule has 1 aromatic carbocycles. The second-order valence-corrected chi connectivity index (χ2v) is 7.17. The first-order valence-corrected chi connectivity index (χ1v) is 8.23. The van der Waals surface area contributed by atoms with Gasteiger partial charge in [0.2, 0.25) is 11.9 Å². The van der Waals surface area contributed by atoms with E-state index >= 15 is 0 Å². The Morgan fingerprint density at radius 3 is 2.23 bits per heavy atom. The molecular weight excluding hydrogens is 362 g/mol. The summed E-state index contributed by atoms with van der Waals surface area (Å²) in [4.78, 5) is 33.5. The summed E-state index contributed by atoms with van der Waals surface area (Å²) in [6.07, 6.45) is 0. The molecule has 2 aromatic rings. The first kappa shape index (κ1) is 19.3. The van der Waals surface area contributed by atoms with Gasteiger partial charge in [-0.1, -0.05) is 0 Å². The van der Waals surface area contributed by atoms with Crippen LogP contribution >= 0.6 is 11.8 Å². The second-order valence-electron chi connectivity index (χ2n) is 6.16. The molecule has 0 saturated carbocycles. The number of aromatic nitrogens is 3. The molecule has 0 radical (unpaired) electrons. The summed E-state index contributed by atoms with van der Waals surface area (Å²) in [5.41, 5.74) is -1.04. The summed E-state index contributed by atoms with van der Waals surface area (Å²) in [5, 5.41) is 28.2. The van der Waals surface area contributed by atoms with Crippen molar-refractivity contribution in [1.29, 1.82) is 0 Å². The number of hydrogen-bond acceptors (Lipinski definition) is 10. The summed E-state index contributed by atoms with van der Waals surface area (Å²) < 4.78 is 0. The van der Waals surface area contributed by atoms with Gasteiger partial charge in [0.05, 0.1) is 20.8 Å². The van der Waals surface area contributed by atoms with Crippen LogP contribution in [0.3, 0.4) is 0 Å². The van der Waals surface area contributed by atoms with Crippen molar-refractivity contribution in [3.63, 3.8) is 0 Å². The fourth-order valence-electron chi connectivity index (χ4n) is 1.85.